The van der Waals surface area contributed by atoms with Crippen molar-refractivity contribution < 1.29 is 13.2 Å². The van der Waals surface area contributed by atoms with Gasteiger partial charge in [-0.25, -0.2) is 18.0 Å². The van der Waals surface area contributed by atoms with Gasteiger partial charge in [0.15, 0.2) is 0 Å². The first-order chi connectivity index (χ1) is 17.9. The van der Waals surface area contributed by atoms with Crippen molar-refractivity contribution in [3.05, 3.63) is 118 Å². The van der Waals surface area contributed by atoms with Crippen molar-refractivity contribution in [1.82, 2.24) is 14.5 Å². The highest BCUT2D eigenvalue weighted by atomic mass is 35.5. The van der Waals surface area contributed by atoms with Gasteiger partial charge in [-0.3, -0.25) is 9.47 Å². The van der Waals surface area contributed by atoms with Crippen LogP contribution < -0.4 is 5.69 Å². The Morgan fingerprint density at radius 2 is 1.37 bits per heavy atom. The van der Waals surface area contributed by atoms with E-state index in [1.54, 1.807) is 10.6 Å². The van der Waals surface area contributed by atoms with E-state index in [-0.39, 0.29) is 47.6 Å². The van der Waals surface area contributed by atoms with Crippen LogP contribution >= 0.6 is 12.4 Å². The van der Waals surface area contributed by atoms with Crippen molar-refractivity contribution in [3.8, 4) is 0 Å². The van der Waals surface area contributed by atoms with Crippen molar-refractivity contribution in [2.24, 2.45) is 0 Å². The Morgan fingerprint density at radius 3 is 1.92 bits per heavy atom. The molecule has 1 unspecified atom stereocenters. The minimum atomic E-state index is -0.442. The smallest absolute Gasteiger partial charge is 0.305 e. The van der Waals surface area contributed by atoms with Gasteiger partial charge in [0.2, 0.25) is 0 Å². The van der Waals surface area contributed by atoms with Crippen molar-refractivity contribution in [3.63, 3.8) is 0 Å². The summed E-state index contributed by atoms with van der Waals surface area (Å²) in [4.78, 5) is 17.9. The van der Waals surface area contributed by atoms with E-state index in [2.05, 4.69) is 22.0 Å². The number of H-pyrrole nitrogens is 1. The highest BCUT2D eigenvalue weighted by Gasteiger charge is 2.37. The van der Waals surface area contributed by atoms with E-state index in [1.807, 2.05) is 24.3 Å². The summed E-state index contributed by atoms with van der Waals surface area (Å²) in [6.07, 6.45) is 7.82. The molecule has 0 saturated carbocycles. The molecule has 4 aromatic rings. The molecular weight excluding hydrogens is 511 g/mol. The predicted molar refractivity (Wildman–Crippen MR) is 145 cm³/mol. The van der Waals surface area contributed by atoms with Gasteiger partial charge in [-0.2, -0.15) is 0 Å². The lowest BCUT2D eigenvalue weighted by molar-refractivity contribution is 0.144. The third kappa shape index (κ3) is 4.69. The molecule has 1 aliphatic carbocycles. The maximum absolute atomic E-state index is 13.7. The fourth-order valence-electron chi connectivity index (χ4n) is 6.22. The van der Waals surface area contributed by atoms with Crippen LogP contribution in [-0.4, -0.2) is 33.6 Å². The maximum atomic E-state index is 13.7. The van der Waals surface area contributed by atoms with E-state index in [0.29, 0.717) is 5.52 Å². The van der Waals surface area contributed by atoms with Gasteiger partial charge in [-0.15, -0.1) is 12.4 Å². The van der Waals surface area contributed by atoms with Gasteiger partial charge in [0.05, 0.1) is 11.0 Å². The number of nitrogens with zero attached hydrogens (tertiary/aromatic N) is 2. The van der Waals surface area contributed by atoms with Gasteiger partial charge in [0.1, 0.15) is 17.5 Å². The van der Waals surface area contributed by atoms with E-state index in [9.17, 15) is 18.0 Å². The van der Waals surface area contributed by atoms with Crippen LogP contribution in [0, 0.1) is 17.5 Å². The highest BCUT2D eigenvalue weighted by Crippen LogP contribution is 2.42. The van der Waals surface area contributed by atoms with Gasteiger partial charge < -0.3 is 4.98 Å². The average Bonchev–Trinajstić information content (AvgIpc) is 3.24. The quantitative estimate of drug-likeness (QED) is 0.300. The van der Waals surface area contributed by atoms with Crippen molar-refractivity contribution in [2.45, 2.75) is 43.2 Å². The number of aromatic nitrogens is 2. The van der Waals surface area contributed by atoms with Crippen LogP contribution in [0.25, 0.3) is 11.0 Å². The molecule has 4 nitrogen and oxygen atoms in total. The number of halogens is 4. The van der Waals surface area contributed by atoms with E-state index in [4.69, 9.17) is 0 Å². The third-order valence-electron chi connectivity index (χ3n) is 8.17. The molecule has 0 amide bonds. The highest BCUT2D eigenvalue weighted by molar-refractivity contribution is 5.85. The van der Waals surface area contributed by atoms with Gasteiger partial charge in [-0.1, -0.05) is 36.4 Å². The number of hydrogen-bond donors (Lipinski definition) is 1. The first-order valence-corrected chi connectivity index (χ1v) is 12.8. The number of piperidine rings is 1. The van der Waals surface area contributed by atoms with Crippen LogP contribution in [-0.2, 0) is 5.41 Å². The Bertz CT molecular complexity index is 1460. The Kier molecular flexibility index (Phi) is 7.25. The van der Waals surface area contributed by atoms with Crippen molar-refractivity contribution in [2.75, 3.05) is 13.1 Å². The standard InChI is InChI=1S/C30H28F3N3O.ClH/c31-22-5-1-20(2-6-22)30(21-3-7-23(32)8-4-21)15-11-25(12-16-30)35-17-13-26(14-18-35)36-28-10-9-24(33)19-27(28)34-29(36)37;/h1-11,15,19,25-26H,12-14,16-18H2,(H,34,37);1H. The van der Waals surface area contributed by atoms with Gasteiger partial charge in [0, 0.05) is 30.6 Å². The van der Waals surface area contributed by atoms with Crippen LogP contribution in [0.2, 0.25) is 0 Å². The zero-order valence-corrected chi connectivity index (χ0v) is 21.6. The summed E-state index contributed by atoms with van der Waals surface area (Å²) in [7, 11) is 0. The van der Waals surface area contributed by atoms with E-state index in [1.165, 1.54) is 36.4 Å². The molecule has 8 heteroatoms. The molecule has 3 aromatic carbocycles. The molecule has 198 valence electrons. The van der Waals surface area contributed by atoms with Crippen LogP contribution in [0.4, 0.5) is 13.2 Å². The molecule has 38 heavy (non-hydrogen) atoms. The molecule has 6 rings (SSSR count). The number of rotatable bonds is 4. The van der Waals surface area contributed by atoms with Gasteiger partial charge in [-0.05, 0) is 79.3 Å². The molecule has 0 spiro atoms. The van der Waals surface area contributed by atoms with Crippen LogP contribution in [0.5, 0.6) is 0 Å². The van der Waals surface area contributed by atoms with Crippen LogP contribution in [0.3, 0.4) is 0 Å². The molecule has 1 aliphatic heterocycles. The Balaban J connectivity index is 0.00000294. The molecule has 2 heterocycles. The number of imidazole rings is 1. The summed E-state index contributed by atoms with van der Waals surface area (Å²) >= 11 is 0. The average molecular weight is 540 g/mol. The molecule has 2 aliphatic rings. The number of aromatic amines is 1. The van der Waals surface area contributed by atoms with Crippen LogP contribution in [0.15, 0.2) is 83.7 Å². The number of benzene rings is 3. The first-order valence-electron chi connectivity index (χ1n) is 12.8. The molecule has 1 fully saturated rings. The summed E-state index contributed by atoms with van der Waals surface area (Å²) in [6, 6.07) is 17.9. The fourth-order valence-corrected chi connectivity index (χ4v) is 6.22. The molecule has 0 radical (unpaired) electrons. The monoisotopic (exact) mass is 539 g/mol. The second-order valence-electron chi connectivity index (χ2n) is 10.2. The second-order valence-corrected chi connectivity index (χ2v) is 10.2. The second kappa shape index (κ2) is 10.5. The summed E-state index contributed by atoms with van der Waals surface area (Å²) in [6.45, 7) is 1.69. The number of allylic oxidation sites excluding steroid dienone is 1. The predicted octanol–water partition coefficient (Wildman–Crippen LogP) is 6.51. The molecule has 1 atom stereocenters. The number of nitrogens with one attached hydrogen (secondary N) is 1. The maximum Gasteiger partial charge on any atom is 0.326 e. The lowest BCUT2D eigenvalue weighted by atomic mass is 9.68. The largest absolute Gasteiger partial charge is 0.326 e. The first kappa shape index (κ1) is 26.3. The Morgan fingerprint density at radius 1 is 0.789 bits per heavy atom. The van der Waals surface area contributed by atoms with Gasteiger partial charge in [0.25, 0.3) is 0 Å². The topological polar surface area (TPSA) is 41.0 Å². The van der Waals surface area contributed by atoms with E-state index >= 15 is 0 Å². The number of likely N-dealkylation sites (tertiary alicyclic amines) is 1. The van der Waals surface area contributed by atoms with Crippen molar-refractivity contribution >= 4 is 23.4 Å². The molecule has 1 aromatic heterocycles. The molecular formula is C30H29ClF3N3O. The lowest BCUT2D eigenvalue weighted by Gasteiger charge is -2.42. The Hall–Kier alpha value is -3.29. The van der Waals surface area contributed by atoms with Crippen LogP contribution in [0.1, 0.15) is 42.9 Å². The summed E-state index contributed by atoms with van der Waals surface area (Å²) < 4.78 is 42.8. The van der Waals surface area contributed by atoms with Crippen molar-refractivity contribution in [1.29, 1.82) is 0 Å². The summed E-state index contributed by atoms with van der Waals surface area (Å²) in [5.74, 6) is -0.923. The summed E-state index contributed by atoms with van der Waals surface area (Å²) in [5.41, 5.74) is 2.61. The zero-order chi connectivity index (χ0) is 25.6. The number of hydrogen-bond acceptors (Lipinski definition) is 2. The third-order valence-corrected chi connectivity index (χ3v) is 8.17. The normalized spacial score (nSPS) is 19.9. The SMILES string of the molecule is Cl.O=c1[nH]c2cc(F)ccc2n1C1CCN(C2C=CC(c3ccc(F)cc3)(c3ccc(F)cc3)CC2)CC1. The Labute approximate surface area is 225 Å². The minimum Gasteiger partial charge on any atom is -0.305 e. The van der Waals surface area contributed by atoms with Gasteiger partial charge >= 0.3 is 5.69 Å². The minimum absolute atomic E-state index is 0. The molecule has 1 saturated heterocycles. The zero-order valence-electron chi connectivity index (χ0n) is 20.7. The molecule has 0 bridgehead atoms. The summed E-state index contributed by atoms with van der Waals surface area (Å²) in [5, 5.41) is 0. The van der Waals surface area contributed by atoms with E-state index < -0.39 is 5.41 Å². The lowest BCUT2D eigenvalue weighted by Crippen LogP contribution is -2.44. The number of fused-ring (bicyclic) bond motifs is 1. The molecule has 1 N–H and O–H groups in total. The van der Waals surface area contributed by atoms with E-state index in [0.717, 1.165) is 55.4 Å². The fraction of sp³-hybridized carbons (Fsp3) is 0.300.